The highest BCUT2D eigenvalue weighted by Gasteiger charge is 2.39. The average molecular weight is 768 g/mol. The van der Waals surface area contributed by atoms with E-state index in [9.17, 15) is 41.5 Å². The highest BCUT2D eigenvalue weighted by molar-refractivity contribution is 7.89. The Labute approximate surface area is 308 Å². The zero-order chi connectivity index (χ0) is 39.1. The van der Waals surface area contributed by atoms with Crippen molar-refractivity contribution >= 4 is 27.6 Å². The molecule has 6 rings (SSSR count). The Hall–Kier alpha value is -5.33. The molecule has 0 aromatic heterocycles. The van der Waals surface area contributed by atoms with Crippen LogP contribution in [0, 0.1) is 40.4 Å². The molecular formula is C39H34F5N3O6S. The van der Waals surface area contributed by atoms with Crippen LogP contribution in [0.3, 0.4) is 0 Å². The van der Waals surface area contributed by atoms with Crippen LogP contribution in [0.4, 0.5) is 27.6 Å². The number of sulfonamides is 1. The minimum absolute atomic E-state index is 0.0227. The van der Waals surface area contributed by atoms with Gasteiger partial charge in [-0.3, -0.25) is 4.79 Å². The first-order valence-electron chi connectivity index (χ1n) is 17.1. The van der Waals surface area contributed by atoms with Gasteiger partial charge in [-0.2, -0.15) is 9.57 Å². The van der Waals surface area contributed by atoms with Crippen molar-refractivity contribution in [2.45, 2.75) is 75.5 Å². The van der Waals surface area contributed by atoms with Gasteiger partial charge in [-0.05, 0) is 97.9 Å². The Balaban J connectivity index is 1.50. The van der Waals surface area contributed by atoms with E-state index in [1.54, 1.807) is 13.8 Å². The van der Waals surface area contributed by atoms with Gasteiger partial charge in [0, 0.05) is 6.54 Å². The second kappa shape index (κ2) is 15.2. The first-order valence-corrected chi connectivity index (χ1v) is 18.5. The number of nitriles is 1. The normalized spacial score (nSPS) is 14.3. The van der Waals surface area contributed by atoms with Gasteiger partial charge in [0.1, 0.15) is 5.75 Å². The third kappa shape index (κ3) is 7.95. The molecule has 0 aliphatic heterocycles. The van der Waals surface area contributed by atoms with E-state index in [0.29, 0.717) is 17.4 Å². The van der Waals surface area contributed by atoms with Gasteiger partial charge in [0.05, 0.1) is 42.1 Å². The third-order valence-corrected chi connectivity index (χ3v) is 11.0. The lowest BCUT2D eigenvalue weighted by molar-refractivity contribution is -0.119. The molecule has 9 nitrogen and oxygen atoms in total. The molecule has 2 fully saturated rings. The Bertz CT molecular complexity index is 2250. The largest absolute Gasteiger partial charge is 0.489 e. The molecule has 0 bridgehead atoms. The van der Waals surface area contributed by atoms with Crippen molar-refractivity contribution in [3.8, 4) is 11.8 Å². The number of carboxylic acid groups (broad SMARTS) is 1. The van der Waals surface area contributed by atoms with Crippen LogP contribution in [-0.2, 0) is 27.9 Å². The monoisotopic (exact) mass is 767 g/mol. The fourth-order valence-electron chi connectivity index (χ4n) is 6.21. The maximum Gasteiger partial charge on any atom is 0.335 e. The van der Waals surface area contributed by atoms with E-state index in [4.69, 9.17) is 4.74 Å². The van der Waals surface area contributed by atoms with Crippen molar-refractivity contribution in [3.63, 3.8) is 0 Å². The Morgan fingerprint density at radius 1 is 0.852 bits per heavy atom. The van der Waals surface area contributed by atoms with E-state index < -0.39 is 75.1 Å². The molecule has 1 amide bonds. The first kappa shape index (κ1) is 38.4. The molecule has 0 radical (unpaired) electrons. The van der Waals surface area contributed by atoms with Crippen LogP contribution in [0.25, 0.3) is 0 Å². The van der Waals surface area contributed by atoms with Crippen molar-refractivity contribution < 1.29 is 49.8 Å². The SMILES string of the molecule is CC(C)Oc1cc(C(=O)O)ccc1N(Cc1cc(C2CC2)cc(C2CC2)c1)C(=O)CN(Cc1ccccc1C#N)S(=O)(=O)c1c(F)c(F)c(F)c(F)c1F. The zero-order valence-corrected chi connectivity index (χ0v) is 29.9. The Kier molecular flexibility index (Phi) is 10.8. The van der Waals surface area contributed by atoms with E-state index >= 15 is 8.78 Å². The molecule has 2 aliphatic carbocycles. The first-order chi connectivity index (χ1) is 25.6. The summed E-state index contributed by atoms with van der Waals surface area (Å²) in [4.78, 5) is 25.5. The molecule has 54 heavy (non-hydrogen) atoms. The Morgan fingerprint density at radius 2 is 1.43 bits per heavy atom. The number of hydrogen-bond donors (Lipinski definition) is 1. The molecule has 0 atom stereocenters. The molecule has 0 heterocycles. The van der Waals surface area contributed by atoms with Crippen LogP contribution >= 0.6 is 0 Å². The molecule has 2 aliphatic rings. The minimum Gasteiger partial charge on any atom is -0.489 e. The standard InChI is InChI=1S/C39H34F5N3O6S/c1-21(2)53-31-16-25(39(49)50)11-12-30(31)47(18-22-13-28(23-7-8-23)15-29(14-22)24-9-10-24)32(48)20-46(19-27-6-4-3-5-26(27)17-45)54(51,52)38-36(43)34(41)33(40)35(42)37(38)44/h3-6,11-16,21,23-24H,7-10,18-20H2,1-2H3,(H,49,50). The lowest BCUT2D eigenvalue weighted by Crippen LogP contribution is -2.43. The lowest BCUT2D eigenvalue weighted by atomic mass is 9.99. The number of benzene rings is 4. The maximum absolute atomic E-state index is 15.1. The van der Waals surface area contributed by atoms with Crippen molar-refractivity contribution in [2.75, 3.05) is 11.4 Å². The number of halogens is 5. The van der Waals surface area contributed by atoms with E-state index in [0.717, 1.165) is 41.7 Å². The third-order valence-electron chi connectivity index (χ3n) is 9.20. The number of aromatic carboxylic acids is 1. The van der Waals surface area contributed by atoms with Gasteiger partial charge in [-0.15, -0.1) is 0 Å². The molecule has 1 N–H and O–H groups in total. The summed E-state index contributed by atoms with van der Waals surface area (Å²) in [6.45, 7) is 1.01. The summed E-state index contributed by atoms with van der Waals surface area (Å²) in [5, 5.41) is 19.4. The summed E-state index contributed by atoms with van der Waals surface area (Å²) in [6, 6.07) is 17.1. The number of anilines is 1. The van der Waals surface area contributed by atoms with Gasteiger partial charge in [0.15, 0.2) is 28.2 Å². The summed E-state index contributed by atoms with van der Waals surface area (Å²) in [7, 11) is -5.73. The number of carbonyl (C=O) groups is 2. The van der Waals surface area contributed by atoms with E-state index in [-0.39, 0.29) is 39.0 Å². The molecule has 4 aromatic rings. The van der Waals surface area contributed by atoms with Crippen LogP contribution in [0.15, 0.2) is 65.6 Å². The number of hydrogen-bond acceptors (Lipinski definition) is 6. The molecule has 15 heteroatoms. The van der Waals surface area contributed by atoms with Crippen molar-refractivity contribution in [1.82, 2.24) is 4.31 Å². The van der Waals surface area contributed by atoms with E-state index in [2.05, 4.69) is 6.07 Å². The Morgan fingerprint density at radius 3 is 1.96 bits per heavy atom. The lowest BCUT2D eigenvalue weighted by Gasteiger charge is -2.30. The van der Waals surface area contributed by atoms with E-state index in [1.165, 1.54) is 42.5 Å². The van der Waals surface area contributed by atoms with Crippen molar-refractivity contribution in [3.05, 3.63) is 123 Å². The van der Waals surface area contributed by atoms with Gasteiger partial charge in [-0.25, -0.2) is 35.2 Å². The number of carbonyl (C=O) groups excluding carboxylic acids is 1. The summed E-state index contributed by atoms with van der Waals surface area (Å²) < 4.78 is 107. The van der Waals surface area contributed by atoms with Crippen LogP contribution in [0.5, 0.6) is 5.75 Å². The second-order valence-corrected chi connectivity index (χ2v) is 15.5. The highest BCUT2D eigenvalue weighted by atomic mass is 32.2. The maximum atomic E-state index is 15.1. The van der Waals surface area contributed by atoms with Gasteiger partial charge in [0.25, 0.3) is 0 Å². The molecule has 0 saturated heterocycles. The number of rotatable bonds is 14. The van der Waals surface area contributed by atoms with Gasteiger partial charge >= 0.3 is 5.97 Å². The summed E-state index contributed by atoms with van der Waals surface area (Å²) in [6.07, 6.45) is 3.39. The fourth-order valence-corrected chi connectivity index (χ4v) is 7.69. The highest BCUT2D eigenvalue weighted by Crippen LogP contribution is 2.46. The van der Waals surface area contributed by atoms with Crippen LogP contribution < -0.4 is 9.64 Å². The molecule has 282 valence electrons. The van der Waals surface area contributed by atoms with Crippen LogP contribution in [0.1, 0.15) is 89.5 Å². The minimum atomic E-state index is -5.73. The summed E-state index contributed by atoms with van der Waals surface area (Å²) >= 11 is 0. The molecule has 4 aromatic carbocycles. The summed E-state index contributed by atoms with van der Waals surface area (Å²) in [5.41, 5.74) is 2.49. The molecule has 0 spiro atoms. The predicted octanol–water partition coefficient (Wildman–Crippen LogP) is 7.92. The average Bonchev–Trinajstić information content (AvgIpc) is 4.06. The van der Waals surface area contributed by atoms with Crippen LogP contribution in [0.2, 0.25) is 0 Å². The summed E-state index contributed by atoms with van der Waals surface area (Å²) in [5.74, 6) is -14.6. The topological polar surface area (TPSA) is 128 Å². The number of ether oxygens (including phenoxy) is 1. The number of nitrogens with zero attached hydrogens (tertiary/aromatic N) is 3. The molecule has 2 saturated carbocycles. The van der Waals surface area contributed by atoms with E-state index in [1.807, 2.05) is 18.2 Å². The quantitative estimate of drug-likeness (QED) is 0.0785. The number of amides is 1. The fraction of sp³-hybridized carbons (Fsp3) is 0.308. The smallest absolute Gasteiger partial charge is 0.335 e. The number of carboxylic acids is 1. The second-order valence-electron chi connectivity index (χ2n) is 13.6. The molecule has 0 unspecified atom stereocenters. The predicted molar refractivity (Wildman–Crippen MR) is 186 cm³/mol. The van der Waals surface area contributed by atoms with Gasteiger partial charge in [-0.1, -0.05) is 36.4 Å². The zero-order valence-electron chi connectivity index (χ0n) is 29.1. The van der Waals surface area contributed by atoms with Crippen molar-refractivity contribution in [1.29, 1.82) is 5.26 Å². The van der Waals surface area contributed by atoms with Gasteiger partial charge < -0.3 is 14.7 Å². The van der Waals surface area contributed by atoms with Crippen LogP contribution in [-0.4, -0.2) is 42.4 Å². The molecular weight excluding hydrogens is 734 g/mol. The van der Waals surface area contributed by atoms with Gasteiger partial charge in [0.2, 0.25) is 21.7 Å². The van der Waals surface area contributed by atoms with Crippen molar-refractivity contribution in [2.24, 2.45) is 0 Å².